The summed E-state index contributed by atoms with van der Waals surface area (Å²) in [5.74, 6) is 0.0729. The van der Waals surface area contributed by atoms with Crippen LogP contribution in [0.5, 0.6) is 0 Å². The molecule has 1 fully saturated rings. The predicted molar refractivity (Wildman–Crippen MR) is 84.1 cm³/mol. The van der Waals surface area contributed by atoms with Gasteiger partial charge < -0.3 is 16.8 Å². The maximum absolute atomic E-state index is 11.7. The summed E-state index contributed by atoms with van der Waals surface area (Å²) in [4.78, 5) is 16.3. The van der Waals surface area contributed by atoms with Gasteiger partial charge in [0.1, 0.15) is 5.82 Å². The molecule has 5 N–H and O–H groups in total. The van der Waals surface area contributed by atoms with E-state index in [1.807, 2.05) is 24.3 Å². The van der Waals surface area contributed by atoms with Crippen molar-refractivity contribution in [1.29, 1.82) is 0 Å². The SMILES string of the molecule is NC(=O)c1cc2ccccc2nc1NC1CCCCC1N. The molecule has 1 aliphatic rings. The van der Waals surface area contributed by atoms with Gasteiger partial charge in [0.2, 0.25) is 0 Å². The van der Waals surface area contributed by atoms with E-state index in [2.05, 4.69) is 10.3 Å². The number of pyridine rings is 1. The molecule has 2 unspecified atom stereocenters. The number of nitrogens with one attached hydrogen (secondary N) is 1. The number of primary amides is 1. The Morgan fingerprint density at radius 3 is 2.76 bits per heavy atom. The highest BCUT2D eigenvalue weighted by molar-refractivity contribution is 6.01. The predicted octanol–water partition coefficient (Wildman–Crippen LogP) is 2.02. The number of hydrogen-bond donors (Lipinski definition) is 3. The Morgan fingerprint density at radius 1 is 1.24 bits per heavy atom. The number of nitrogens with two attached hydrogens (primary N) is 2. The first-order valence-corrected chi connectivity index (χ1v) is 7.37. The monoisotopic (exact) mass is 284 g/mol. The number of amides is 1. The molecule has 0 spiro atoms. The quantitative estimate of drug-likeness (QED) is 0.803. The van der Waals surface area contributed by atoms with Crippen molar-refractivity contribution in [2.45, 2.75) is 37.8 Å². The summed E-state index contributed by atoms with van der Waals surface area (Å²) >= 11 is 0. The van der Waals surface area contributed by atoms with E-state index in [0.29, 0.717) is 11.4 Å². The number of para-hydroxylation sites is 1. The van der Waals surface area contributed by atoms with E-state index < -0.39 is 5.91 Å². The van der Waals surface area contributed by atoms with Gasteiger partial charge in [0.25, 0.3) is 5.91 Å². The van der Waals surface area contributed by atoms with Gasteiger partial charge in [0.15, 0.2) is 0 Å². The normalized spacial score (nSPS) is 22.1. The van der Waals surface area contributed by atoms with E-state index in [0.717, 1.165) is 36.6 Å². The lowest BCUT2D eigenvalue weighted by Crippen LogP contribution is -2.43. The van der Waals surface area contributed by atoms with Gasteiger partial charge in [-0.25, -0.2) is 4.98 Å². The molecule has 110 valence electrons. The van der Waals surface area contributed by atoms with Crippen molar-refractivity contribution in [1.82, 2.24) is 4.98 Å². The molecule has 0 bridgehead atoms. The molecule has 1 aromatic carbocycles. The molecule has 0 saturated heterocycles. The van der Waals surface area contributed by atoms with E-state index in [4.69, 9.17) is 11.5 Å². The Balaban J connectivity index is 1.99. The zero-order chi connectivity index (χ0) is 14.8. The van der Waals surface area contributed by atoms with Gasteiger partial charge >= 0.3 is 0 Å². The van der Waals surface area contributed by atoms with Crippen LogP contribution in [-0.4, -0.2) is 23.0 Å². The van der Waals surface area contributed by atoms with Gasteiger partial charge in [-0.15, -0.1) is 0 Å². The van der Waals surface area contributed by atoms with E-state index >= 15 is 0 Å². The largest absolute Gasteiger partial charge is 0.365 e. The Morgan fingerprint density at radius 2 is 2.00 bits per heavy atom. The van der Waals surface area contributed by atoms with Crippen LogP contribution in [0.4, 0.5) is 5.82 Å². The van der Waals surface area contributed by atoms with E-state index in [1.165, 1.54) is 0 Å². The smallest absolute Gasteiger partial charge is 0.252 e. The third-order valence-electron chi connectivity index (χ3n) is 4.13. The van der Waals surface area contributed by atoms with E-state index in [1.54, 1.807) is 6.07 Å². The van der Waals surface area contributed by atoms with Crippen LogP contribution in [0.3, 0.4) is 0 Å². The summed E-state index contributed by atoms with van der Waals surface area (Å²) in [6, 6.07) is 9.71. The number of aromatic nitrogens is 1. The zero-order valence-corrected chi connectivity index (χ0v) is 11.9. The number of rotatable bonds is 3. The van der Waals surface area contributed by atoms with Crippen LogP contribution in [-0.2, 0) is 0 Å². The highest BCUT2D eigenvalue weighted by Crippen LogP contribution is 2.24. The van der Waals surface area contributed by atoms with Crippen molar-refractivity contribution in [2.75, 3.05) is 5.32 Å². The van der Waals surface area contributed by atoms with E-state index in [-0.39, 0.29) is 12.1 Å². The molecule has 3 rings (SSSR count). The second-order valence-electron chi connectivity index (χ2n) is 5.64. The minimum Gasteiger partial charge on any atom is -0.365 e. The van der Waals surface area contributed by atoms with Crippen LogP contribution in [0, 0.1) is 0 Å². The molecule has 0 aliphatic heterocycles. The Kier molecular flexibility index (Phi) is 3.75. The van der Waals surface area contributed by atoms with Gasteiger partial charge in [0.05, 0.1) is 11.1 Å². The van der Waals surface area contributed by atoms with Crippen LogP contribution in [0.25, 0.3) is 10.9 Å². The number of anilines is 1. The van der Waals surface area contributed by atoms with E-state index in [9.17, 15) is 4.79 Å². The third-order valence-corrected chi connectivity index (χ3v) is 4.13. The number of carbonyl (C=O) groups is 1. The summed E-state index contributed by atoms with van der Waals surface area (Å²) in [7, 11) is 0. The number of benzene rings is 1. The second-order valence-corrected chi connectivity index (χ2v) is 5.64. The van der Waals surface area contributed by atoms with Crippen molar-refractivity contribution in [3.8, 4) is 0 Å². The minimum absolute atomic E-state index is 0.0905. The maximum atomic E-state index is 11.7. The van der Waals surface area contributed by atoms with Gasteiger partial charge in [0, 0.05) is 17.5 Å². The lowest BCUT2D eigenvalue weighted by Gasteiger charge is -2.30. The number of nitrogens with zero attached hydrogens (tertiary/aromatic N) is 1. The summed E-state index contributed by atoms with van der Waals surface area (Å²) in [6.45, 7) is 0. The van der Waals surface area contributed by atoms with Gasteiger partial charge in [-0.2, -0.15) is 0 Å². The molecule has 1 saturated carbocycles. The molecule has 2 aromatic rings. The molecule has 0 radical (unpaired) electrons. The zero-order valence-electron chi connectivity index (χ0n) is 11.9. The lowest BCUT2D eigenvalue weighted by atomic mass is 9.91. The summed E-state index contributed by atoms with van der Waals surface area (Å²) in [5, 5.41) is 4.24. The average Bonchev–Trinajstić information content (AvgIpc) is 2.48. The van der Waals surface area contributed by atoms with Crippen LogP contribution in [0.15, 0.2) is 30.3 Å². The second kappa shape index (κ2) is 5.69. The van der Waals surface area contributed by atoms with Crippen molar-refractivity contribution in [2.24, 2.45) is 11.5 Å². The fraction of sp³-hybridized carbons (Fsp3) is 0.375. The first kappa shape index (κ1) is 13.8. The first-order valence-electron chi connectivity index (χ1n) is 7.37. The van der Waals surface area contributed by atoms with Crippen molar-refractivity contribution in [3.05, 3.63) is 35.9 Å². The maximum Gasteiger partial charge on any atom is 0.252 e. The molecule has 5 nitrogen and oxygen atoms in total. The molecular weight excluding hydrogens is 264 g/mol. The molecule has 1 aromatic heterocycles. The fourth-order valence-electron chi connectivity index (χ4n) is 2.93. The first-order chi connectivity index (χ1) is 10.1. The third kappa shape index (κ3) is 2.83. The highest BCUT2D eigenvalue weighted by Gasteiger charge is 2.23. The average molecular weight is 284 g/mol. The molecule has 21 heavy (non-hydrogen) atoms. The van der Waals surface area contributed by atoms with Crippen molar-refractivity contribution in [3.63, 3.8) is 0 Å². The number of carbonyl (C=O) groups excluding carboxylic acids is 1. The van der Waals surface area contributed by atoms with Gasteiger partial charge in [-0.3, -0.25) is 4.79 Å². The lowest BCUT2D eigenvalue weighted by molar-refractivity contribution is 0.100. The topological polar surface area (TPSA) is 94.0 Å². The Bertz CT molecular complexity index is 670. The standard InChI is InChI=1S/C16H20N4O/c17-12-6-2-4-8-14(12)20-16-11(15(18)21)9-10-5-1-3-7-13(10)19-16/h1,3,5,7,9,12,14H,2,4,6,8,17H2,(H2,18,21)(H,19,20). The number of hydrogen-bond acceptors (Lipinski definition) is 4. The van der Waals surface area contributed by atoms with Gasteiger partial charge in [-0.1, -0.05) is 31.0 Å². The molecule has 1 aliphatic carbocycles. The van der Waals surface area contributed by atoms with Crippen LogP contribution >= 0.6 is 0 Å². The molecule has 5 heteroatoms. The number of fused-ring (bicyclic) bond motifs is 1. The Hall–Kier alpha value is -2.14. The molecule has 2 atom stereocenters. The molecule has 1 amide bonds. The molecule has 1 heterocycles. The summed E-state index contributed by atoms with van der Waals surface area (Å²) in [5.41, 5.74) is 12.9. The van der Waals surface area contributed by atoms with Crippen molar-refractivity contribution < 1.29 is 4.79 Å². The van der Waals surface area contributed by atoms with Crippen molar-refractivity contribution >= 4 is 22.6 Å². The Labute approximate surface area is 123 Å². The summed E-state index contributed by atoms with van der Waals surface area (Å²) in [6.07, 6.45) is 4.29. The molecular formula is C16H20N4O. The van der Waals surface area contributed by atoms with Crippen LogP contribution < -0.4 is 16.8 Å². The van der Waals surface area contributed by atoms with Gasteiger partial charge in [-0.05, 0) is 25.0 Å². The fourth-order valence-corrected chi connectivity index (χ4v) is 2.93. The highest BCUT2D eigenvalue weighted by atomic mass is 16.1. The summed E-state index contributed by atoms with van der Waals surface area (Å²) < 4.78 is 0. The van der Waals surface area contributed by atoms with Crippen LogP contribution in [0.2, 0.25) is 0 Å². The minimum atomic E-state index is -0.472. The van der Waals surface area contributed by atoms with Crippen LogP contribution in [0.1, 0.15) is 36.0 Å².